The summed E-state index contributed by atoms with van der Waals surface area (Å²) in [5, 5.41) is 12.3. The van der Waals surface area contributed by atoms with Gasteiger partial charge in [0.15, 0.2) is 23.0 Å². The highest BCUT2D eigenvalue weighted by Crippen LogP contribution is 2.52. The molecule has 0 unspecified atom stereocenters. The van der Waals surface area contributed by atoms with Gasteiger partial charge >= 0.3 is 0 Å². The molecule has 0 fully saturated rings. The van der Waals surface area contributed by atoms with E-state index in [1.807, 2.05) is 36.4 Å². The van der Waals surface area contributed by atoms with Crippen LogP contribution in [-0.2, 0) is 0 Å². The summed E-state index contributed by atoms with van der Waals surface area (Å²) in [6, 6.07) is 49.6. The van der Waals surface area contributed by atoms with Gasteiger partial charge in [0.2, 0.25) is 17.5 Å². The molecule has 0 bridgehead atoms. The molecule has 0 aliphatic carbocycles. The third-order valence-electron chi connectivity index (χ3n) is 11.3. The highest BCUT2D eigenvalue weighted by molar-refractivity contribution is 6.25. The second-order valence-electron chi connectivity index (χ2n) is 14.6. The summed E-state index contributed by atoms with van der Waals surface area (Å²) in [4.78, 5) is 5.67. The Labute approximate surface area is 355 Å². The lowest BCUT2D eigenvalue weighted by Crippen LogP contribution is -2.23. The second kappa shape index (κ2) is 16.5. The Bertz CT molecular complexity index is 2700. The smallest absolute Gasteiger partial charge is 0.203 e. The maximum Gasteiger partial charge on any atom is 0.203 e. The van der Waals surface area contributed by atoms with E-state index in [0.717, 1.165) is 77.4 Å². The molecule has 1 aliphatic heterocycles. The molecule has 0 aromatic heterocycles. The predicted molar refractivity (Wildman–Crippen MR) is 246 cm³/mol. The van der Waals surface area contributed by atoms with Gasteiger partial charge in [0.05, 0.1) is 54.0 Å². The van der Waals surface area contributed by atoms with Gasteiger partial charge < -0.3 is 39.1 Å². The van der Waals surface area contributed by atoms with Crippen LogP contribution < -0.4 is 39.1 Å². The van der Waals surface area contributed by atoms with Crippen LogP contribution in [0.3, 0.4) is 0 Å². The minimum absolute atomic E-state index is 0.470. The fourth-order valence-electron chi connectivity index (χ4n) is 8.49. The van der Waals surface area contributed by atoms with Crippen LogP contribution in [-0.4, -0.2) is 48.6 Å². The molecule has 0 spiro atoms. The number of hydrogen-bond acceptors (Lipinski definition) is 7. The summed E-state index contributed by atoms with van der Waals surface area (Å²) in [6.45, 7) is 0. The maximum absolute atomic E-state index is 5.89. The molecule has 1 aliphatic rings. The molecule has 8 aromatic rings. The Morgan fingerprint density at radius 2 is 0.770 bits per heavy atom. The summed E-state index contributed by atoms with van der Waals surface area (Å²) < 4.78 is 35.1. The van der Waals surface area contributed by atoms with E-state index in [1.54, 1.807) is 42.7 Å². The molecule has 9 rings (SSSR count). The molecule has 1 heterocycles. The van der Waals surface area contributed by atoms with E-state index in [2.05, 4.69) is 120 Å². The van der Waals surface area contributed by atoms with Crippen LogP contribution in [0.15, 0.2) is 151 Å². The van der Waals surface area contributed by atoms with Crippen molar-refractivity contribution >= 4 is 38.9 Å². The molecule has 0 amide bonds. The van der Waals surface area contributed by atoms with Gasteiger partial charge in [-0.25, -0.2) is 4.99 Å². The first-order valence-corrected chi connectivity index (χ1v) is 19.9. The van der Waals surface area contributed by atoms with Gasteiger partial charge in [0.1, 0.15) is 6.04 Å². The van der Waals surface area contributed by atoms with E-state index in [4.69, 9.17) is 33.4 Å². The summed E-state index contributed by atoms with van der Waals surface area (Å²) in [5.74, 6) is 3.40. The van der Waals surface area contributed by atoms with Crippen LogP contribution in [0.1, 0.15) is 17.2 Å². The molecule has 0 saturated heterocycles. The minimum Gasteiger partial charge on any atom is -0.493 e. The van der Waals surface area contributed by atoms with Crippen molar-refractivity contribution in [1.29, 1.82) is 0 Å². The third kappa shape index (κ3) is 6.93. The fraction of sp³-hybridized carbons (Fsp3) is 0.135. The minimum atomic E-state index is -0.691. The molecule has 2 N–H and O–H groups in total. The van der Waals surface area contributed by atoms with Crippen LogP contribution >= 0.6 is 0 Å². The van der Waals surface area contributed by atoms with Crippen LogP contribution in [0.4, 0.5) is 11.4 Å². The monoisotopic (exact) mass is 807 g/mol. The number of nitrogens with one attached hydrogen (secondary N) is 2. The second-order valence-corrected chi connectivity index (χ2v) is 14.6. The first kappa shape index (κ1) is 38.8. The van der Waals surface area contributed by atoms with Gasteiger partial charge in [-0.05, 0) is 80.2 Å². The normalized spacial score (nSPS) is 11.8. The van der Waals surface area contributed by atoms with Crippen LogP contribution in [0.25, 0.3) is 54.9 Å². The summed E-state index contributed by atoms with van der Waals surface area (Å²) in [7, 11) is 9.60. The lowest BCUT2D eigenvalue weighted by atomic mass is 9.85. The molecular formula is C52H45N3O6. The van der Waals surface area contributed by atoms with Gasteiger partial charge in [-0.1, -0.05) is 109 Å². The number of aliphatic imine (C=N–C) groups is 1. The number of nitrogens with zero attached hydrogens (tertiary/aromatic N) is 1. The molecule has 61 heavy (non-hydrogen) atoms. The van der Waals surface area contributed by atoms with Crippen molar-refractivity contribution in [3.05, 3.63) is 157 Å². The average molecular weight is 808 g/mol. The quantitative estimate of drug-likeness (QED) is 0.133. The number of benzene rings is 8. The molecule has 0 atom stereocenters. The van der Waals surface area contributed by atoms with E-state index in [0.29, 0.717) is 40.5 Å². The highest BCUT2D eigenvalue weighted by Gasteiger charge is 2.30. The highest BCUT2D eigenvalue weighted by atomic mass is 16.5. The summed E-state index contributed by atoms with van der Waals surface area (Å²) in [6.07, 6.45) is 0. The summed E-state index contributed by atoms with van der Waals surface area (Å²) in [5.41, 5.74) is 9.67. The number of anilines is 2. The number of rotatable bonds is 11. The molecule has 304 valence electrons. The number of guanidine groups is 1. The molecule has 0 saturated carbocycles. The molecule has 9 heteroatoms. The Balaban J connectivity index is 1.41. The topological polar surface area (TPSA) is 91.8 Å². The number of hydrogen-bond donors (Lipinski definition) is 2. The Morgan fingerprint density at radius 1 is 0.410 bits per heavy atom. The van der Waals surface area contributed by atoms with E-state index in [9.17, 15) is 0 Å². The van der Waals surface area contributed by atoms with Gasteiger partial charge in [0.25, 0.3) is 0 Å². The van der Waals surface area contributed by atoms with Crippen molar-refractivity contribution in [2.45, 2.75) is 6.04 Å². The van der Waals surface area contributed by atoms with Crippen molar-refractivity contribution in [3.63, 3.8) is 0 Å². The van der Waals surface area contributed by atoms with E-state index in [-0.39, 0.29) is 0 Å². The first-order valence-electron chi connectivity index (χ1n) is 19.9. The standard InChI is InChI=1S/C52H45N3O6/c1-56-41-27-35(28-42(57-2)50(41)60-5)47(36-29-43(58-3)51(61-6)44(30-36)59-4)53-52-54-48-39(31-17-9-7-10-18-31)25-33-21-13-15-23-37(33)45(48)46-38-24-16-14-22-34(38)26-40(49(46)55-52)32-19-11-8-12-20-32/h7-30,47H,1-6H3,(H2,53,54,55). The predicted octanol–water partition coefficient (Wildman–Crippen LogP) is 12.0. The van der Waals surface area contributed by atoms with Gasteiger partial charge in [-0.3, -0.25) is 0 Å². The Kier molecular flexibility index (Phi) is 10.5. The SMILES string of the molecule is COc1cc(C(N=C2Nc3c(-c4ccccc4)cc4ccccc4c3-c3c(c(-c4ccccc4)cc4ccccc34)N2)c2cc(OC)c(OC)c(OC)c2)cc(OC)c1OC. The Morgan fingerprint density at radius 3 is 1.13 bits per heavy atom. The average Bonchev–Trinajstić information content (AvgIpc) is 3.49. The lowest BCUT2D eigenvalue weighted by molar-refractivity contribution is 0.322. The lowest BCUT2D eigenvalue weighted by Gasteiger charge is -2.23. The molecule has 8 aromatic carbocycles. The van der Waals surface area contributed by atoms with Crippen molar-refractivity contribution in [3.8, 4) is 67.9 Å². The first-order chi connectivity index (χ1) is 30.0. The largest absolute Gasteiger partial charge is 0.493 e. The van der Waals surface area contributed by atoms with Crippen molar-refractivity contribution in [1.82, 2.24) is 0 Å². The molecule has 9 nitrogen and oxygen atoms in total. The van der Waals surface area contributed by atoms with E-state index >= 15 is 0 Å². The zero-order valence-electron chi connectivity index (χ0n) is 34.8. The van der Waals surface area contributed by atoms with Gasteiger partial charge in [0, 0.05) is 22.3 Å². The third-order valence-corrected chi connectivity index (χ3v) is 11.3. The van der Waals surface area contributed by atoms with Gasteiger partial charge in [-0.15, -0.1) is 0 Å². The Hall–Kier alpha value is -7.65. The van der Waals surface area contributed by atoms with E-state index in [1.165, 1.54) is 0 Å². The summed E-state index contributed by atoms with van der Waals surface area (Å²) >= 11 is 0. The van der Waals surface area contributed by atoms with Crippen LogP contribution in [0.5, 0.6) is 34.5 Å². The van der Waals surface area contributed by atoms with Crippen LogP contribution in [0.2, 0.25) is 0 Å². The van der Waals surface area contributed by atoms with Crippen molar-refractivity contribution in [2.75, 3.05) is 53.3 Å². The fourth-order valence-corrected chi connectivity index (χ4v) is 8.49. The van der Waals surface area contributed by atoms with Crippen molar-refractivity contribution in [2.24, 2.45) is 4.99 Å². The molecular weight excluding hydrogens is 763 g/mol. The molecule has 0 radical (unpaired) electrons. The van der Waals surface area contributed by atoms with Crippen molar-refractivity contribution < 1.29 is 28.4 Å². The number of methoxy groups -OCH3 is 6. The van der Waals surface area contributed by atoms with E-state index < -0.39 is 6.04 Å². The zero-order chi connectivity index (χ0) is 42.0. The zero-order valence-corrected chi connectivity index (χ0v) is 34.8. The number of ether oxygens (including phenoxy) is 6. The number of fused-ring (bicyclic) bond motifs is 7. The van der Waals surface area contributed by atoms with Crippen LogP contribution in [0, 0.1) is 0 Å². The maximum atomic E-state index is 5.89. The van der Waals surface area contributed by atoms with Gasteiger partial charge in [-0.2, -0.15) is 0 Å².